The van der Waals surface area contributed by atoms with Gasteiger partial charge in [-0.25, -0.2) is 9.67 Å². The number of rotatable bonds is 6. The van der Waals surface area contributed by atoms with Crippen LogP contribution < -0.4 is 5.32 Å². The van der Waals surface area contributed by atoms with E-state index in [0.717, 1.165) is 17.2 Å². The van der Waals surface area contributed by atoms with Crippen molar-refractivity contribution >= 4 is 16.5 Å². The second-order valence-electron chi connectivity index (χ2n) is 6.21. The first kappa shape index (κ1) is 16.5. The zero-order valence-electron chi connectivity index (χ0n) is 14.5. The third-order valence-corrected chi connectivity index (χ3v) is 5.18. The van der Waals surface area contributed by atoms with Crippen molar-refractivity contribution in [2.24, 2.45) is 0 Å². The fraction of sp³-hybridized carbons (Fsp3) is 0.143. The molecule has 5 heteroatoms. The van der Waals surface area contributed by atoms with Crippen LogP contribution in [-0.2, 0) is 6.42 Å². The van der Waals surface area contributed by atoms with Crippen LogP contribution in [0.2, 0.25) is 0 Å². The average Bonchev–Trinajstić information content (AvgIpc) is 3.35. The number of thiazole rings is 1. The highest BCUT2D eigenvalue weighted by molar-refractivity contribution is 7.15. The van der Waals surface area contributed by atoms with E-state index in [-0.39, 0.29) is 6.04 Å². The van der Waals surface area contributed by atoms with Crippen LogP contribution in [0.15, 0.2) is 79.3 Å². The zero-order valence-corrected chi connectivity index (χ0v) is 15.4. The van der Waals surface area contributed by atoms with Gasteiger partial charge in [0.15, 0.2) is 5.13 Å². The Labute approximate surface area is 157 Å². The van der Waals surface area contributed by atoms with Gasteiger partial charge in [0, 0.05) is 29.9 Å². The molecule has 0 spiro atoms. The van der Waals surface area contributed by atoms with Crippen molar-refractivity contribution < 1.29 is 0 Å². The predicted molar refractivity (Wildman–Crippen MR) is 107 cm³/mol. The van der Waals surface area contributed by atoms with Crippen LogP contribution in [0.25, 0.3) is 5.69 Å². The molecule has 0 saturated carbocycles. The minimum absolute atomic E-state index is 0.235. The van der Waals surface area contributed by atoms with Crippen LogP contribution in [0.5, 0.6) is 0 Å². The predicted octanol–water partition coefficient (Wildman–Crippen LogP) is 5.09. The van der Waals surface area contributed by atoms with Gasteiger partial charge < -0.3 is 5.32 Å². The summed E-state index contributed by atoms with van der Waals surface area (Å²) in [6.45, 7) is 2.16. The van der Waals surface area contributed by atoms with Crippen molar-refractivity contribution in [3.63, 3.8) is 0 Å². The summed E-state index contributed by atoms with van der Waals surface area (Å²) >= 11 is 1.71. The van der Waals surface area contributed by atoms with E-state index in [0.29, 0.717) is 0 Å². The fourth-order valence-corrected chi connectivity index (χ4v) is 3.83. The maximum atomic E-state index is 4.54. The molecule has 1 unspecified atom stereocenters. The van der Waals surface area contributed by atoms with Crippen molar-refractivity contribution in [3.05, 3.63) is 95.3 Å². The second-order valence-corrected chi connectivity index (χ2v) is 7.32. The Morgan fingerprint density at radius 2 is 1.96 bits per heavy atom. The van der Waals surface area contributed by atoms with Crippen LogP contribution in [0.4, 0.5) is 5.13 Å². The summed E-state index contributed by atoms with van der Waals surface area (Å²) in [5.74, 6) is 0. The Bertz CT molecular complexity index is 961. The standard InChI is InChI=1S/C21H20N4S/c1-16(18-8-3-2-4-9-18)24-21-22-15-20(26-21)14-17-7-5-10-19(13-17)25-12-6-11-23-25/h2-13,15-16H,14H2,1H3,(H,22,24). The van der Waals surface area contributed by atoms with Crippen molar-refractivity contribution in [3.8, 4) is 5.69 Å². The zero-order chi connectivity index (χ0) is 17.8. The van der Waals surface area contributed by atoms with E-state index in [1.165, 1.54) is 16.0 Å². The fourth-order valence-electron chi connectivity index (χ4n) is 2.90. The Kier molecular flexibility index (Phi) is 4.80. The minimum Gasteiger partial charge on any atom is -0.355 e. The molecule has 4 nitrogen and oxygen atoms in total. The molecule has 0 aliphatic rings. The molecule has 0 fully saturated rings. The number of nitrogens with one attached hydrogen (secondary N) is 1. The molecular formula is C21H20N4S. The minimum atomic E-state index is 0.235. The lowest BCUT2D eigenvalue weighted by Gasteiger charge is -2.12. The van der Waals surface area contributed by atoms with Crippen LogP contribution in [-0.4, -0.2) is 14.8 Å². The summed E-state index contributed by atoms with van der Waals surface area (Å²) in [5.41, 5.74) is 3.59. The summed E-state index contributed by atoms with van der Waals surface area (Å²) in [6.07, 6.45) is 6.58. The number of nitrogens with zero attached hydrogens (tertiary/aromatic N) is 3. The van der Waals surface area contributed by atoms with Crippen LogP contribution in [0.1, 0.15) is 29.0 Å². The maximum absolute atomic E-state index is 4.54. The number of hydrogen-bond donors (Lipinski definition) is 1. The largest absolute Gasteiger partial charge is 0.355 e. The van der Waals surface area contributed by atoms with E-state index in [1.807, 2.05) is 29.2 Å². The van der Waals surface area contributed by atoms with Gasteiger partial charge >= 0.3 is 0 Å². The van der Waals surface area contributed by atoms with Crippen LogP contribution >= 0.6 is 11.3 Å². The SMILES string of the molecule is CC(Nc1ncc(Cc2cccc(-n3cccn3)c2)s1)c1ccccc1. The molecule has 2 aromatic heterocycles. The molecule has 2 aromatic carbocycles. The average molecular weight is 360 g/mol. The van der Waals surface area contributed by atoms with E-state index in [9.17, 15) is 0 Å². The van der Waals surface area contributed by atoms with Gasteiger partial charge in [0.1, 0.15) is 0 Å². The lowest BCUT2D eigenvalue weighted by atomic mass is 10.1. The number of anilines is 1. The molecule has 0 saturated heterocycles. The third-order valence-electron chi connectivity index (χ3n) is 4.25. The summed E-state index contributed by atoms with van der Waals surface area (Å²) < 4.78 is 1.88. The van der Waals surface area contributed by atoms with Gasteiger partial charge in [-0.2, -0.15) is 5.10 Å². The molecule has 1 atom stereocenters. The van der Waals surface area contributed by atoms with Crippen molar-refractivity contribution in [1.29, 1.82) is 0 Å². The van der Waals surface area contributed by atoms with Crippen molar-refractivity contribution in [2.45, 2.75) is 19.4 Å². The van der Waals surface area contributed by atoms with E-state index in [2.05, 4.69) is 70.9 Å². The van der Waals surface area contributed by atoms with Crippen molar-refractivity contribution in [2.75, 3.05) is 5.32 Å². The number of aromatic nitrogens is 3. The van der Waals surface area contributed by atoms with Crippen molar-refractivity contribution in [1.82, 2.24) is 14.8 Å². The third kappa shape index (κ3) is 3.83. The summed E-state index contributed by atoms with van der Waals surface area (Å²) in [4.78, 5) is 5.78. The first-order valence-corrected chi connectivity index (χ1v) is 9.45. The lowest BCUT2D eigenvalue weighted by molar-refractivity contribution is 0.878. The van der Waals surface area contributed by atoms with E-state index in [4.69, 9.17) is 0 Å². The highest BCUT2D eigenvalue weighted by Gasteiger charge is 2.09. The molecule has 130 valence electrons. The molecule has 4 aromatic rings. The van der Waals surface area contributed by atoms with Gasteiger partial charge in [0.25, 0.3) is 0 Å². The molecule has 2 heterocycles. The molecule has 0 radical (unpaired) electrons. The highest BCUT2D eigenvalue weighted by Crippen LogP contribution is 2.25. The summed E-state index contributed by atoms with van der Waals surface area (Å²) in [6, 6.07) is 21.1. The summed E-state index contributed by atoms with van der Waals surface area (Å²) in [7, 11) is 0. The quantitative estimate of drug-likeness (QED) is 0.521. The van der Waals surface area contributed by atoms with E-state index < -0.39 is 0 Å². The molecule has 1 N–H and O–H groups in total. The normalized spacial score (nSPS) is 12.0. The molecule has 26 heavy (non-hydrogen) atoms. The first-order valence-electron chi connectivity index (χ1n) is 8.63. The van der Waals surface area contributed by atoms with Gasteiger partial charge in [-0.3, -0.25) is 0 Å². The Hall–Kier alpha value is -2.92. The van der Waals surface area contributed by atoms with E-state index in [1.54, 1.807) is 17.5 Å². The van der Waals surface area contributed by atoms with Gasteiger partial charge in [-0.1, -0.05) is 42.5 Å². The topological polar surface area (TPSA) is 42.7 Å². The monoisotopic (exact) mass is 360 g/mol. The second kappa shape index (κ2) is 7.54. The highest BCUT2D eigenvalue weighted by atomic mass is 32.1. The Morgan fingerprint density at radius 1 is 1.08 bits per heavy atom. The van der Waals surface area contributed by atoms with Gasteiger partial charge in [-0.15, -0.1) is 11.3 Å². The number of benzene rings is 2. The molecule has 0 aliphatic heterocycles. The van der Waals surface area contributed by atoms with Gasteiger partial charge in [0.05, 0.1) is 11.7 Å². The lowest BCUT2D eigenvalue weighted by Crippen LogP contribution is -2.05. The van der Waals surface area contributed by atoms with Gasteiger partial charge in [-0.05, 0) is 36.2 Å². The maximum Gasteiger partial charge on any atom is 0.183 e. The van der Waals surface area contributed by atoms with Crippen LogP contribution in [0, 0.1) is 0 Å². The van der Waals surface area contributed by atoms with Gasteiger partial charge in [0.2, 0.25) is 0 Å². The van der Waals surface area contributed by atoms with E-state index >= 15 is 0 Å². The molecule has 0 bridgehead atoms. The first-order chi connectivity index (χ1) is 12.8. The Balaban J connectivity index is 1.45. The molecule has 0 aliphatic carbocycles. The Morgan fingerprint density at radius 3 is 2.77 bits per heavy atom. The summed E-state index contributed by atoms with van der Waals surface area (Å²) in [5, 5.41) is 8.75. The number of hydrogen-bond acceptors (Lipinski definition) is 4. The smallest absolute Gasteiger partial charge is 0.183 e. The van der Waals surface area contributed by atoms with Crippen LogP contribution in [0.3, 0.4) is 0 Å². The molecule has 4 rings (SSSR count). The molecular weight excluding hydrogens is 340 g/mol. The molecule has 0 amide bonds.